The van der Waals surface area contributed by atoms with E-state index in [4.69, 9.17) is 18.4 Å². The number of hydrogen-bond donors (Lipinski definition) is 0. The molecule has 102 valence electrons. The minimum Gasteiger partial charge on any atom is -0.493 e. The highest BCUT2D eigenvalue weighted by atomic mass is 32.2. The molecule has 1 rings (SSSR count). The Morgan fingerprint density at radius 3 is 1.83 bits per heavy atom. The van der Waals surface area contributed by atoms with Crippen molar-refractivity contribution in [3.63, 3.8) is 0 Å². The van der Waals surface area contributed by atoms with Gasteiger partial charge in [0.25, 0.3) is 10.1 Å². The van der Waals surface area contributed by atoms with E-state index in [2.05, 4.69) is 0 Å². The Balaban J connectivity index is 3.41. The first kappa shape index (κ1) is 14.6. The van der Waals surface area contributed by atoms with Crippen molar-refractivity contribution in [3.8, 4) is 17.2 Å². The highest BCUT2D eigenvalue weighted by molar-refractivity contribution is 7.86. The first-order chi connectivity index (χ1) is 8.50. The van der Waals surface area contributed by atoms with E-state index in [1.807, 2.05) is 0 Å². The average Bonchev–Trinajstić information content (AvgIpc) is 2.36. The Hall–Kier alpha value is -1.47. The molecule has 0 atom stereocenters. The van der Waals surface area contributed by atoms with Crippen LogP contribution in [0.2, 0.25) is 0 Å². The second-order valence-corrected chi connectivity index (χ2v) is 4.84. The van der Waals surface area contributed by atoms with Crippen LogP contribution < -0.4 is 14.2 Å². The predicted octanol–water partition coefficient (Wildman–Crippen LogP) is 1.44. The van der Waals surface area contributed by atoms with Gasteiger partial charge in [-0.05, 0) is 6.92 Å². The van der Waals surface area contributed by atoms with Crippen LogP contribution in [-0.4, -0.2) is 36.4 Å². The molecule has 0 saturated heterocycles. The molecular formula is C11H16O6S. The van der Waals surface area contributed by atoms with Crippen LogP contribution in [-0.2, 0) is 14.3 Å². The van der Waals surface area contributed by atoms with Gasteiger partial charge in [0.05, 0.1) is 27.9 Å². The normalized spacial score (nSPS) is 11.1. The van der Waals surface area contributed by atoms with E-state index < -0.39 is 10.1 Å². The number of rotatable bonds is 6. The van der Waals surface area contributed by atoms with Crippen LogP contribution in [0.4, 0.5) is 0 Å². The van der Waals surface area contributed by atoms with Gasteiger partial charge in [-0.25, -0.2) is 0 Å². The quantitative estimate of drug-likeness (QED) is 0.732. The highest BCUT2D eigenvalue weighted by Gasteiger charge is 2.21. The van der Waals surface area contributed by atoms with Gasteiger partial charge in [0.1, 0.15) is 4.90 Å². The second-order valence-electron chi connectivity index (χ2n) is 3.22. The summed E-state index contributed by atoms with van der Waals surface area (Å²) in [6.45, 7) is 1.65. The molecule has 7 heteroatoms. The zero-order valence-electron chi connectivity index (χ0n) is 10.7. The van der Waals surface area contributed by atoms with Gasteiger partial charge in [-0.2, -0.15) is 8.42 Å². The van der Waals surface area contributed by atoms with Crippen LogP contribution in [0.1, 0.15) is 6.92 Å². The molecule has 1 aromatic carbocycles. The zero-order chi connectivity index (χ0) is 13.8. The Morgan fingerprint density at radius 2 is 1.50 bits per heavy atom. The summed E-state index contributed by atoms with van der Waals surface area (Å²) in [5, 5.41) is 0. The van der Waals surface area contributed by atoms with Crippen LogP contribution in [0.15, 0.2) is 17.0 Å². The van der Waals surface area contributed by atoms with Crippen molar-refractivity contribution >= 4 is 10.1 Å². The third-order valence-electron chi connectivity index (χ3n) is 2.20. The molecule has 0 N–H and O–H groups in total. The molecule has 0 heterocycles. The van der Waals surface area contributed by atoms with Crippen molar-refractivity contribution in [2.24, 2.45) is 0 Å². The standard InChI is InChI=1S/C11H16O6S/c1-5-17-18(12,13)8-6-9(14-2)11(16-4)10(7-8)15-3/h6-7H,5H2,1-4H3. The summed E-state index contributed by atoms with van der Waals surface area (Å²) in [5.41, 5.74) is 0. The third kappa shape index (κ3) is 2.85. The highest BCUT2D eigenvalue weighted by Crippen LogP contribution is 2.39. The lowest BCUT2D eigenvalue weighted by Crippen LogP contribution is -2.07. The van der Waals surface area contributed by atoms with Crippen LogP contribution in [0.25, 0.3) is 0 Å². The zero-order valence-corrected chi connectivity index (χ0v) is 11.5. The van der Waals surface area contributed by atoms with Crippen LogP contribution in [0, 0.1) is 0 Å². The van der Waals surface area contributed by atoms with E-state index in [1.54, 1.807) is 6.92 Å². The second kappa shape index (κ2) is 5.92. The van der Waals surface area contributed by atoms with Gasteiger partial charge in [-0.3, -0.25) is 4.18 Å². The summed E-state index contributed by atoms with van der Waals surface area (Å²) in [7, 11) is 0.448. The van der Waals surface area contributed by atoms with Crippen molar-refractivity contribution in [2.75, 3.05) is 27.9 Å². The van der Waals surface area contributed by atoms with Gasteiger partial charge >= 0.3 is 0 Å². The monoisotopic (exact) mass is 276 g/mol. The molecule has 0 aromatic heterocycles. The molecule has 0 spiro atoms. The summed E-state index contributed by atoms with van der Waals surface area (Å²) < 4.78 is 43.5. The van der Waals surface area contributed by atoms with Gasteiger partial charge in [-0.1, -0.05) is 0 Å². The minimum absolute atomic E-state index is 0.0427. The lowest BCUT2D eigenvalue weighted by molar-refractivity contribution is 0.319. The van der Waals surface area contributed by atoms with Gasteiger partial charge in [0.2, 0.25) is 5.75 Å². The Kier molecular flexibility index (Phi) is 4.80. The Bertz CT molecular complexity index is 483. The van der Waals surface area contributed by atoms with E-state index in [9.17, 15) is 8.42 Å². The fourth-order valence-electron chi connectivity index (χ4n) is 1.42. The molecule has 0 saturated carbocycles. The molecule has 6 nitrogen and oxygen atoms in total. The maximum Gasteiger partial charge on any atom is 0.297 e. The number of methoxy groups -OCH3 is 3. The maximum atomic E-state index is 11.8. The summed E-state index contributed by atoms with van der Waals surface area (Å²) in [5.74, 6) is 0.848. The van der Waals surface area contributed by atoms with E-state index in [0.717, 1.165) is 0 Å². The van der Waals surface area contributed by atoms with Crippen molar-refractivity contribution < 1.29 is 26.8 Å². The lowest BCUT2D eigenvalue weighted by atomic mass is 10.3. The summed E-state index contributed by atoms with van der Waals surface area (Å²) >= 11 is 0. The third-order valence-corrected chi connectivity index (χ3v) is 3.56. The molecule has 0 radical (unpaired) electrons. The first-order valence-corrected chi connectivity index (χ1v) is 6.60. The fraction of sp³-hybridized carbons (Fsp3) is 0.455. The minimum atomic E-state index is -3.82. The fourth-order valence-corrected chi connectivity index (χ4v) is 2.37. The predicted molar refractivity (Wildman–Crippen MR) is 64.9 cm³/mol. The van der Waals surface area contributed by atoms with Crippen LogP contribution in [0.3, 0.4) is 0 Å². The van der Waals surface area contributed by atoms with Gasteiger partial charge in [-0.15, -0.1) is 0 Å². The van der Waals surface area contributed by atoms with E-state index in [1.165, 1.54) is 33.5 Å². The molecule has 0 aliphatic rings. The maximum absolute atomic E-state index is 11.8. The molecular weight excluding hydrogens is 260 g/mol. The Labute approximate surface area is 107 Å². The van der Waals surface area contributed by atoms with E-state index in [-0.39, 0.29) is 23.0 Å². The smallest absolute Gasteiger partial charge is 0.297 e. The topological polar surface area (TPSA) is 71.1 Å². The Morgan fingerprint density at radius 1 is 1.00 bits per heavy atom. The summed E-state index contributed by atoms with van der Waals surface area (Å²) in [6.07, 6.45) is 0. The average molecular weight is 276 g/mol. The number of ether oxygens (including phenoxy) is 3. The van der Waals surface area contributed by atoms with Crippen LogP contribution >= 0.6 is 0 Å². The molecule has 0 amide bonds. The van der Waals surface area contributed by atoms with E-state index >= 15 is 0 Å². The van der Waals surface area contributed by atoms with Crippen molar-refractivity contribution in [1.29, 1.82) is 0 Å². The largest absolute Gasteiger partial charge is 0.493 e. The van der Waals surface area contributed by atoms with E-state index in [0.29, 0.717) is 5.75 Å². The molecule has 18 heavy (non-hydrogen) atoms. The summed E-state index contributed by atoms with van der Waals surface area (Å²) in [4.78, 5) is -0.0427. The SMILES string of the molecule is CCOS(=O)(=O)c1cc(OC)c(OC)c(OC)c1. The number of benzene rings is 1. The molecule has 0 bridgehead atoms. The summed E-state index contributed by atoms with van der Waals surface area (Å²) in [6, 6.07) is 2.65. The lowest BCUT2D eigenvalue weighted by Gasteiger charge is -2.13. The molecule has 1 aromatic rings. The molecule has 0 unspecified atom stereocenters. The van der Waals surface area contributed by atoms with Crippen molar-refractivity contribution in [1.82, 2.24) is 0 Å². The van der Waals surface area contributed by atoms with Crippen molar-refractivity contribution in [3.05, 3.63) is 12.1 Å². The number of hydrogen-bond acceptors (Lipinski definition) is 6. The van der Waals surface area contributed by atoms with Gasteiger partial charge in [0, 0.05) is 12.1 Å². The molecule has 0 fully saturated rings. The molecule has 0 aliphatic heterocycles. The molecule has 0 aliphatic carbocycles. The van der Waals surface area contributed by atoms with Gasteiger partial charge in [0.15, 0.2) is 11.5 Å². The van der Waals surface area contributed by atoms with Crippen LogP contribution in [0.5, 0.6) is 17.2 Å². The van der Waals surface area contributed by atoms with Gasteiger partial charge < -0.3 is 14.2 Å². The van der Waals surface area contributed by atoms with Crippen molar-refractivity contribution in [2.45, 2.75) is 11.8 Å². The first-order valence-electron chi connectivity index (χ1n) is 5.19.